The molecule has 1 aromatic rings. The van der Waals surface area contributed by atoms with Crippen LogP contribution in [0.3, 0.4) is 0 Å². The van der Waals surface area contributed by atoms with Crippen molar-refractivity contribution in [3.8, 4) is 12.3 Å². The minimum Gasteiger partial charge on any atom is -0.290 e. The first kappa shape index (κ1) is 16.4. The molecule has 0 aliphatic carbocycles. The van der Waals surface area contributed by atoms with E-state index in [-0.39, 0.29) is 11.4 Å². The van der Waals surface area contributed by atoms with Crippen molar-refractivity contribution in [3.05, 3.63) is 39.9 Å². The van der Waals surface area contributed by atoms with Crippen molar-refractivity contribution in [2.45, 2.75) is 5.75 Å². The summed E-state index contributed by atoms with van der Waals surface area (Å²) in [5, 5.41) is 10.7. The molecule has 0 unspecified atom stereocenters. The zero-order chi connectivity index (χ0) is 16.2. The Labute approximate surface area is 129 Å². The largest absolute Gasteiger partial charge is 0.290 e. The van der Waals surface area contributed by atoms with Crippen LogP contribution in [0.4, 0.5) is 5.69 Å². The second-order valence-electron chi connectivity index (χ2n) is 5.06. The van der Waals surface area contributed by atoms with Gasteiger partial charge in [-0.05, 0) is 5.56 Å². The summed E-state index contributed by atoms with van der Waals surface area (Å²) in [5.74, 6) is 2.31. The maximum Gasteiger partial charge on any atom is 0.269 e. The highest BCUT2D eigenvalue weighted by Crippen LogP contribution is 2.18. The number of nitro groups is 1. The molecule has 22 heavy (non-hydrogen) atoms. The van der Waals surface area contributed by atoms with Crippen LogP contribution >= 0.6 is 0 Å². The zero-order valence-electron chi connectivity index (χ0n) is 12.0. The third-order valence-corrected chi connectivity index (χ3v) is 5.36. The Bertz CT molecular complexity index is 688. The van der Waals surface area contributed by atoms with Gasteiger partial charge in [0.05, 0.1) is 17.2 Å². The van der Waals surface area contributed by atoms with E-state index in [1.807, 2.05) is 4.90 Å². The molecule has 1 fully saturated rings. The Morgan fingerprint density at radius 1 is 1.27 bits per heavy atom. The Morgan fingerprint density at radius 2 is 1.95 bits per heavy atom. The number of hydrogen-bond donors (Lipinski definition) is 0. The Balaban J connectivity index is 2.04. The molecule has 1 heterocycles. The van der Waals surface area contributed by atoms with E-state index in [0.29, 0.717) is 38.3 Å². The van der Waals surface area contributed by atoms with Gasteiger partial charge in [0, 0.05) is 38.3 Å². The number of hydrogen-bond acceptors (Lipinski definition) is 5. The third kappa shape index (κ3) is 4.04. The van der Waals surface area contributed by atoms with Crippen molar-refractivity contribution in [2.75, 3.05) is 32.7 Å². The first-order valence-corrected chi connectivity index (χ1v) is 8.40. The lowest BCUT2D eigenvalue weighted by Crippen LogP contribution is -2.48. The second kappa shape index (κ2) is 6.87. The predicted octanol–water partition coefficient (Wildman–Crippen LogP) is 0.675. The van der Waals surface area contributed by atoms with Crippen LogP contribution in [-0.2, 0) is 15.8 Å². The fraction of sp³-hybridized carbons (Fsp3) is 0.429. The average Bonchev–Trinajstić information content (AvgIpc) is 2.48. The number of benzene rings is 1. The number of terminal acetylenes is 1. The van der Waals surface area contributed by atoms with E-state index in [9.17, 15) is 18.5 Å². The van der Waals surface area contributed by atoms with Gasteiger partial charge in [0.15, 0.2) is 0 Å². The number of nitro benzene ring substituents is 1. The molecule has 0 bridgehead atoms. The van der Waals surface area contributed by atoms with Crippen LogP contribution in [-0.4, -0.2) is 55.3 Å². The molecule has 118 valence electrons. The van der Waals surface area contributed by atoms with E-state index in [1.54, 1.807) is 6.07 Å². The number of non-ortho nitro benzene ring substituents is 1. The van der Waals surface area contributed by atoms with Crippen molar-refractivity contribution in [2.24, 2.45) is 0 Å². The highest BCUT2D eigenvalue weighted by Gasteiger charge is 2.27. The van der Waals surface area contributed by atoms with Crippen molar-refractivity contribution < 1.29 is 13.3 Å². The van der Waals surface area contributed by atoms with Gasteiger partial charge in [-0.1, -0.05) is 18.1 Å². The van der Waals surface area contributed by atoms with Crippen molar-refractivity contribution >= 4 is 15.7 Å². The van der Waals surface area contributed by atoms with E-state index in [1.165, 1.54) is 22.5 Å². The molecular weight excluding hydrogens is 306 g/mol. The molecule has 1 aliphatic heterocycles. The molecule has 8 heteroatoms. The fourth-order valence-corrected chi connectivity index (χ4v) is 3.86. The molecule has 0 spiro atoms. The summed E-state index contributed by atoms with van der Waals surface area (Å²) < 4.78 is 26.2. The predicted molar refractivity (Wildman–Crippen MR) is 82.6 cm³/mol. The molecule has 1 aliphatic rings. The quantitative estimate of drug-likeness (QED) is 0.452. The Hall–Kier alpha value is -1.95. The molecule has 0 saturated carbocycles. The van der Waals surface area contributed by atoms with Gasteiger partial charge >= 0.3 is 0 Å². The monoisotopic (exact) mass is 323 g/mol. The Kier molecular flexibility index (Phi) is 5.13. The van der Waals surface area contributed by atoms with Crippen molar-refractivity contribution in [1.82, 2.24) is 9.21 Å². The lowest BCUT2D eigenvalue weighted by Gasteiger charge is -2.32. The van der Waals surface area contributed by atoms with Crippen molar-refractivity contribution in [3.63, 3.8) is 0 Å². The lowest BCUT2D eigenvalue weighted by molar-refractivity contribution is -0.384. The molecule has 0 atom stereocenters. The molecule has 0 N–H and O–H groups in total. The van der Waals surface area contributed by atoms with Crippen LogP contribution in [0.5, 0.6) is 0 Å². The van der Waals surface area contributed by atoms with E-state index < -0.39 is 14.9 Å². The summed E-state index contributed by atoms with van der Waals surface area (Å²) in [7, 11) is -3.48. The van der Waals surface area contributed by atoms with Gasteiger partial charge in [-0.25, -0.2) is 8.42 Å². The number of piperazine rings is 1. The summed E-state index contributed by atoms with van der Waals surface area (Å²) in [6.07, 6.45) is 5.24. The molecule has 1 saturated heterocycles. The van der Waals surface area contributed by atoms with Gasteiger partial charge in [-0.15, -0.1) is 6.42 Å². The van der Waals surface area contributed by atoms with Gasteiger partial charge < -0.3 is 0 Å². The van der Waals surface area contributed by atoms with Crippen LogP contribution in [0.2, 0.25) is 0 Å². The van der Waals surface area contributed by atoms with Gasteiger partial charge in [0.1, 0.15) is 0 Å². The normalized spacial score (nSPS) is 17.0. The van der Waals surface area contributed by atoms with E-state index >= 15 is 0 Å². The van der Waals surface area contributed by atoms with Crippen molar-refractivity contribution in [1.29, 1.82) is 0 Å². The van der Waals surface area contributed by atoms with Gasteiger partial charge in [0.25, 0.3) is 5.69 Å². The third-order valence-electron chi connectivity index (χ3n) is 3.51. The summed E-state index contributed by atoms with van der Waals surface area (Å²) in [5.41, 5.74) is 0.312. The van der Waals surface area contributed by atoms with Gasteiger partial charge in [-0.2, -0.15) is 4.31 Å². The van der Waals surface area contributed by atoms with Crippen LogP contribution < -0.4 is 0 Å². The SMILES string of the molecule is C#CCN1CCN(S(=O)(=O)Cc2cccc([N+](=O)[O-])c2)CC1. The molecule has 2 rings (SSSR count). The summed E-state index contributed by atoms with van der Waals surface area (Å²) >= 11 is 0. The summed E-state index contributed by atoms with van der Waals surface area (Å²) in [6, 6.07) is 5.72. The minimum absolute atomic E-state index is 0.105. The topological polar surface area (TPSA) is 83.8 Å². The minimum atomic E-state index is -3.48. The average molecular weight is 323 g/mol. The van der Waals surface area contributed by atoms with Gasteiger partial charge in [-0.3, -0.25) is 15.0 Å². The van der Waals surface area contributed by atoms with Crippen LogP contribution in [0, 0.1) is 22.5 Å². The number of sulfonamides is 1. The zero-order valence-corrected chi connectivity index (χ0v) is 12.8. The van der Waals surface area contributed by atoms with Crippen LogP contribution in [0.15, 0.2) is 24.3 Å². The van der Waals surface area contributed by atoms with E-state index in [2.05, 4.69) is 5.92 Å². The highest BCUT2D eigenvalue weighted by atomic mass is 32.2. The smallest absolute Gasteiger partial charge is 0.269 e. The van der Waals surface area contributed by atoms with Crippen LogP contribution in [0.25, 0.3) is 0 Å². The summed E-state index contributed by atoms with van der Waals surface area (Å²) in [4.78, 5) is 12.2. The molecule has 1 aromatic carbocycles. The first-order valence-electron chi connectivity index (χ1n) is 6.79. The highest BCUT2D eigenvalue weighted by molar-refractivity contribution is 7.88. The molecule has 0 amide bonds. The lowest BCUT2D eigenvalue weighted by atomic mass is 10.2. The number of rotatable bonds is 5. The fourth-order valence-electron chi connectivity index (χ4n) is 2.36. The number of nitrogens with zero attached hydrogens (tertiary/aromatic N) is 3. The molecule has 0 aromatic heterocycles. The molecule has 0 radical (unpaired) electrons. The van der Waals surface area contributed by atoms with E-state index in [4.69, 9.17) is 6.42 Å². The summed E-state index contributed by atoms with van der Waals surface area (Å²) in [6.45, 7) is 2.48. The second-order valence-corrected chi connectivity index (χ2v) is 7.03. The standard InChI is InChI=1S/C14H17N3O4S/c1-2-6-15-7-9-16(10-8-15)22(20,21)12-13-4-3-5-14(11-13)17(18)19/h1,3-5,11H,6-10,12H2. The van der Waals surface area contributed by atoms with Gasteiger partial charge in [0.2, 0.25) is 10.0 Å². The van der Waals surface area contributed by atoms with E-state index in [0.717, 1.165) is 0 Å². The molecule has 7 nitrogen and oxygen atoms in total. The maximum absolute atomic E-state index is 12.4. The Morgan fingerprint density at radius 3 is 2.55 bits per heavy atom. The van der Waals surface area contributed by atoms with Crippen LogP contribution in [0.1, 0.15) is 5.56 Å². The maximum atomic E-state index is 12.4. The molecular formula is C14H17N3O4S. The first-order chi connectivity index (χ1) is 10.4.